The van der Waals surface area contributed by atoms with Gasteiger partial charge in [-0.3, -0.25) is 4.90 Å². The highest BCUT2D eigenvalue weighted by atomic mass is 16.3. The van der Waals surface area contributed by atoms with E-state index in [9.17, 15) is 5.11 Å². The lowest BCUT2D eigenvalue weighted by Crippen LogP contribution is -2.24. The summed E-state index contributed by atoms with van der Waals surface area (Å²) in [6.07, 6.45) is 2.18. The van der Waals surface area contributed by atoms with Crippen LogP contribution >= 0.6 is 0 Å². The van der Waals surface area contributed by atoms with Gasteiger partial charge in [0.25, 0.3) is 0 Å². The summed E-state index contributed by atoms with van der Waals surface area (Å²) in [5, 5.41) is 9.98. The van der Waals surface area contributed by atoms with Crippen molar-refractivity contribution in [2.45, 2.75) is 51.7 Å². The van der Waals surface area contributed by atoms with Gasteiger partial charge in [-0.05, 0) is 35.3 Å². The van der Waals surface area contributed by atoms with Crippen LogP contribution in [-0.4, -0.2) is 29.2 Å². The standard InChI is InChI=1S/C18H27NO/c1-18(2,3)15-7-4-13(5-8-15)10-19-11-14-6-9-17(20)16(14)12-19/h4-5,7-8,14,16-17,20H,6,9-12H2,1-3H3. The Bertz CT molecular complexity index is 459. The van der Waals surface area contributed by atoms with E-state index in [0.29, 0.717) is 5.92 Å². The normalized spacial score (nSPS) is 30.7. The molecule has 2 fully saturated rings. The fraction of sp³-hybridized carbons (Fsp3) is 0.667. The van der Waals surface area contributed by atoms with Gasteiger partial charge in [-0.2, -0.15) is 0 Å². The van der Waals surface area contributed by atoms with Gasteiger partial charge in [0.05, 0.1) is 6.10 Å². The number of fused-ring (bicyclic) bond motifs is 1. The van der Waals surface area contributed by atoms with Crippen molar-refractivity contribution < 1.29 is 5.11 Å². The molecular weight excluding hydrogens is 246 g/mol. The number of aliphatic hydroxyl groups is 1. The molecule has 3 unspecified atom stereocenters. The van der Waals surface area contributed by atoms with Crippen LogP contribution < -0.4 is 0 Å². The second-order valence-electron chi connectivity index (χ2n) is 7.71. The lowest BCUT2D eigenvalue weighted by Gasteiger charge is -2.21. The van der Waals surface area contributed by atoms with Crippen molar-refractivity contribution in [1.29, 1.82) is 0 Å². The van der Waals surface area contributed by atoms with Crippen LogP contribution in [0.4, 0.5) is 0 Å². The number of hydrogen-bond acceptors (Lipinski definition) is 2. The van der Waals surface area contributed by atoms with E-state index in [-0.39, 0.29) is 11.5 Å². The molecule has 1 aromatic rings. The number of hydrogen-bond donors (Lipinski definition) is 1. The number of aliphatic hydroxyl groups excluding tert-OH is 1. The molecule has 20 heavy (non-hydrogen) atoms. The topological polar surface area (TPSA) is 23.5 Å². The largest absolute Gasteiger partial charge is 0.393 e. The molecule has 1 aromatic carbocycles. The number of rotatable bonds is 2. The molecular formula is C18H27NO. The molecule has 0 spiro atoms. The van der Waals surface area contributed by atoms with Gasteiger partial charge in [0, 0.05) is 25.6 Å². The van der Waals surface area contributed by atoms with E-state index in [1.54, 1.807) is 0 Å². The third-order valence-corrected chi connectivity index (χ3v) is 5.12. The lowest BCUT2D eigenvalue weighted by atomic mass is 9.87. The minimum atomic E-state index is -0.0479. The first kappa shape index (κ1) is 14.1. The molecule has 3 rings (SSSR count). The summed E-state index contributed by atoms with van der Waals surface area (Å²) in [7, 11) is 0. The predicted octanol–water partition coefficient (Wildman–Crippen LogP) is 3.19. The van der Waals surface area contributed by atoms with Crippen LogP contribution in [0.25, 0.3) is 0 Å². The molecule has 0 radical (unpaired) electrons. The first-order chi connectivity index (χ1) is 9.43. The summed E-state index contributed by atoms with van der Waals surface area (Å²) >= 11 is 0. The van der Waals surface area contributed by atoms with E-state index < -0.39 is 0 Å². The molecule has 1 saturated carbocycles. The van der Waals surface area contributed by atoms with Crippen LogP contribution in [0.15, 0.2) is 24.3 Å². The van der Waals surface area contributed by atoms with Crippen LogP contribution in [-0.2, 0) is 12.0 Å². The molecule has 1 saturated heterocycles. The molecule has 2 heteroatoms. The Labute approximate surface area is 122 Å². The maximum Gasteiger partial charge on any atom is 0.0583 e. The predicted molar refractivity (Wildman–Crippen MR) is 82.6 cm³/mol. The second-order valence-corrected chi connectivity index (χ2v) is 7.71. The molecule has 110 valence electrons. The minimum Gasteiger partial charge on any atom is -0.393 e. The average Bonchev–Trinajstić information content (AvgIpc) is 2.92. The van der Waals surface area contributed by atoms with E-state index >= 15 is 0 Å². The molecule has 2 nitrogen and oxygen atoms in total. The highest BCUT2D eigenvalue weighted by Gasteiger charge is 2.41. The molecule has 1 aliphatic carbocycles. The monoisotopic (exact) mass is 273 g/mol. The Hall–Kier alpha value is -0.860. The molecule has 1 N–H and O–H groups in total. The van der Waals surface area contributed by atoms with Crippen molar-refractivity contribution in [3.63, 3.8) is 0 Å². The maximum atomic E-state index is 9.98. The number of likely N-dealkylation sites (tertiary alicyclic amines) is 1. The molecule has 0 bridgehead atoms. The smallest absolute Gasteiger partial charge is 0.0583 e. The van der Waals surface area contributed by atoms with Gasteiger partial charge < -0.3 is 5.11 Å². The van der Waals surface area contributed by atoms with Crippen molar-refractivity contribution in [2.75, 3.05) is 13.1 Å². The second kappa shape index (κ2) is 5.16. The molecule has 0 aromatic heterocycles. The van der Waals surface area contributed by atoms with Crippen LogP contribution in [0, 0.1) is 11.8 Å². The molecule has 3 atom stereocenters. The molecule has 1 heterocycles. The quantitative estimate of drug-likeness (QED) is 0.894. The van der Waals surface area contributed by atoms with Crippen molar-refractivity contribution >= 4 is 0 Å². The SMILES string of the molecule is CC(C)(C)c1ccc(CN2CC3CCC(O)C3C2)cc1. The van der Waals surface area contributed by atoms with E-state index in [1.807, 2.05) is 0 Å². The van der Waals surface area contributed by atoms with E-state index in [0.717, 1.165) is 25.4 Å². The summed E-state index contributed by atoms with van der Waals surface area (Å²) in [5.41, 5.74) is 3.02. The third-order valence-electron chi connectivity index (χ3n) is 5.12. The number of benzene rings is 1. The van der Waals surface area contributed by atoms with Gasteiger partial charge in [0.15, 0.2) is 0 Å². The summed E-state index contributed by atoms with van der Waals surface area (Å²) in [6, 6.07) is 9.07. The number of nitrogens with zero attached hydrogens (tertiary/aromatic N) is 1. The zero-order chi connectivity index (χ0) is 14.3. The van der Waals surface area contributed by atoms with Crippen molar-refractivity contribution in [2.24, 2.45) is 11.8 Å². The van der Waals surface area contributed by atoms with Crippen LogP contribution in [0.1, 0.15) is 44.7 Å². The zero-order valence-electron chi connectivity index (χ0n) is 13.0. The van der Waals surface area contributed by atoms with Gasteiger partial charge in [0.2, 0.25) is 0 Å². The van der Waals surface area contributed by atoms with E-state index in [2.05, 4.69) is 49.9 Å². The van der Waals surface area contributed by atoms with Gasteiger partial charge in [-0.15, -0.1) is 0 Å². The Morgan fingerprint density at radius 2 is 1.80 bits per heavy atom. The Balaban J connectivity index is 1.62. The Morgan fingerprint density at radius 3 is 2.40 bits per heavy atom. The Kier molecular flexibility index (Phi) is 3.64. The van der Waals surface area contributed by atoms with Crippen molar-refractivity contribution in [3.05, 3.63) is 35.4 Å². The van der Waals surface area contributed by atoms with Crippen LogP contribution in [0.5, 0.6) is 0 Å². The van der Waals surface area contributed by atoms with Crippen molar-refractivity contribution in [1.82, 2.24) is 4.90 Å². The van der Waals surface area contributed by atoms with Gasteiger partial charge in [-0.25, -0.2) is 0 Å². The van der Waals surface area contributed by atoms with Gasteiger partial charge >= 0.3 is 0 Å². The fourth-order valence-electron chi connectivity index (χ4n) is 3.83. The fourth-order valence-corrected chi connectivity index (χ4v) is 3.83. The molecule has 1 aliphatic heterocycles. The lowest BCUT2D eigenvalue weighted by molar-refractivity contribution is 0.123. The highest BCUT2D eigenvalue weighted by Crippen LogP contribution is 2.38. The van der Waals surface area contributed by atoms with Gasteiger partial charge in [0.1, 0.15) is 0 Å². The first-order valence-corrected chi connectivity index (χ1v) is 7.93. The molecule has 0 amide bonds. The summed E-state index contributed by atoms with van der Waals surface area (Å²) in [4.78, 5) is 2.52. The maximum absolute atomic E-state index is 9.98. The zero-order valence-corrected chi connectivity index (χ0v) is 13.0. The highest BCUT2D eigenvalue weighted by molar-refractivity contribution is 5.27. The van der Waals surface area contributed by atoms with E-state index in [4.69, 9.17) is 0 Å². The minimum absolute atomic E-state index is 0.0479. The van der Waals surface area contributed by atoms with Crippen LogP contribution in [0.3, 0.4) is 0 Å². The van der Waals surface area contributed by atoms with Crippen molar-refractivity contribution in [3.8, 4) is 0 Å². The summed E-state index contributed by atoms with van der Waals surface area (Å²) < 4.78 is 0. The van der Waals surface area contributed by atoms with E-state index in [1.165, 1.54) is 24.1 Å². The molecule has 2 aliphatic rings. The average molecular weight is 273 g/mol. The van der Waals surface area contributed by atoms with Crippen LogP contribution in [0.2, 0.25) is 0 Å². The summed E-state index contributed by atoms with van der Waals surface area (Å²) in [6.45, 7) is 10.0. The van der Waals surface area contributed by atoms with Gasteiger partial charge in [-0.1, -0.05) is 45.0 Å². The first-order valence-electron chi connectivity index (χ1n) is 7.93. The third kappa shape index (κ3) is 2.77. The Morgan fingerprint density at radius 1 is 1.10 bits per heavy atom. The summed E-state index contributed by atoms with van der Waals surface area (Å²) in [5.74, 6) is 1.27.